The maximum atomic E-state index is 13.2. The van der Waals surface area contributed by atoms with E-state index in [9.17, 15) is 4.79 Å². The summed E-state index contributed by atoms with van der Waals surface area (Å²) in [5, 5.41) is 12.4. The second-order valence-electron chi connectivity index (χ2n) is 10.6. The van der Waals surface area contributed by atoms with Crippen LogP contribution in [0, 0.1) is 19.8 Å². The fourth-order valence-corrected chi connectivity index (χ4v) is 5.08. The Morgan fingerprint density at radius 3 is 2.44 bits per heavy atom. The maximum absolute atomic E-state index is 13.2. The average molecular weight is 486 g/mol. The molecular formula is C30H39N5O. The molecule has 1 aliphatic heterocycles. The highest BCUT2D eigenvalue weighted by molar-refractivity contribution is 5.94. The van der Waals surface area contributed by atoms with Gasteiger partial charge in [-0.2, -0.15) is 0 Å². The highest BCUT2D eigenvalue weighted by atomic mass is 16.1. The summed E-state index contributed by atoms with van der Waals surface area (Å²) in [5.74, 6) is 2.23. The summed E-state index contributed by atoms with van der Waals surface area (Å²) in [6.45, 7) is 14.2. The van der Waals surface area contributed by atoms with Crippen LogP contribution in [0.2, 0.25) is 0 Å². The molecular weight excluding hydrogens is 446 g/mol. The van der Waals surface area contributed by atoms with Crippen molar-refractivity contribution in [3.8, 4) is 0 Å². The number of benzene rings is 2. The molecule has 3 aromatic rings. The molecule has 0 radical (unpaired) electrons. The molecule has 1 aliphatic rings. The fraction of sp³-hybridized carbons (Fsp3) is 0.433. The van der Waals surface area contributed by atoms with Gasteiger partial charge in [-0.25, -0.2) is 0 Å². The van der Waals surface area contributed by atoms with Gasteiger partial charge in [0.15, 0.2) is 5.82 Å². The minimum atomic E-state index is -0.175. The minimum Gasteiger partial charge on any atom is -0.342 e. The standard InChI is InChI=1S/C30H39N5O/c1-21(2)15-27(31-30(36)26-18-22(3)16-23(4)19-26)29-33-32-28-11-12-34(13-14-35(28)29)20-24(5)17-25-9-7-6-8-10-25/h6-10,16-19,21,27H,11-15,20H2,1-5H3,(H,31,36)/b24-17+/t27-/m0/s1. The number of carbonyl (C=O) groups excluding carboxylic acids is 1. The van der Waals surface area contributed by atoms with E-state index in [1.54, 1.807) is 0 Å². The second-order valence-corrected chi connectivity index (χ2v) is 10.6. The van der Waals surface area contributed by atoms with E-state index in [2.05, 4.69) is 82.2 Å². The minimum absolute atomic E-state index is 0.0540. The number of rotatable bonds is 8. The lowest BCUT2D eigenvalue weighted by atomic mass is 10.0. The molecule has 6 heteroatoms. The van der Waals surface area contributed by atoms with E-state index in [0.717, 1.165) is 61.8 Å². The molecule has 36 heavy (non-hydrogen) atoms. The molecule has 0 spiro atoms. The van der Waals surface area contributed by atoms with Crippen LogP contribution in [0.1, 0.15) is 71.9 Å². The predicted molar refractivity (Wildman–Crippen MR) is 146 cm³/mol. The molecule has 2 aromatic carbocycles. The lowest BCUT2D eigenvalue weighted by Crippen LogP contribution is -2.33. The van der Waals surface area contributed by atoms with Crippen LogP contribution in [0.25, 0.3) is 6.08 Å². The molecule has 0 unspecified atom stereocenters. The van der Waals surface area contributed by atoms with Gasteiger partial charge in [0.05, 0.1) is 6.04 Å². The van der Waals surface area contributed by atoms with Crippen molar-refractivity contribution in [2.75, 3.05) is 19.6 Å². The van der Waals surface area contributed by atoms with Crippen molar-refractivity contribution < 1.29 is 4.79 Å². The van der Waals surface area contributed by atoms with Gasteiger partial charge in [-0.3, -0.25) is 9.69 Å². The quantitative estimate of drug-likeness (QED) is 0.466. The van der Waals surface area contributed by atoms with E-state index in [1.807, 2.05) is 32.0 Å². The van der Waals surface area contributed by atoms with Crippen molar-refractivity contribution in [1.82, 2.24) is 25.0 Å². The zero-order valence-electron chi connectivity index (χ0n) is 22.3. The SMILES string of the molecule is C/C(=C\c1ccccc1)CN1CCc2nnc([C@H](CC(C)C)NC(=O)c3cc(C)cc(C)c3)n2CC1. The van der Waals surface area contributed by atoms with Crippen LogP contribution in [0.3, 0.4) is 0 Å². The van der Waals surface area contributed by atoms with E-state index in [4.69, 9.17) is 0 Å². The highest BCUT2D eigenvalue weighted by Gasteiger charge is 2.26. The first-order valence-corrected chi connectivity index (χ1v) is 13.0. The van der Waals surface area contributed by atoms with Crippen LogP contribution >= 0.6 is 0 Å². The molecule has 1 aromatic heterocycles. The largest absolute Gasteiger partial charge is 0.342 e. The van der Waals surface area contributed by atoms with Gasteiger partial charge in [-0.15, -0.1) is 10.2 Å². The van der Waals surface area contributed by atoms with Gasteiger partial charge in [0.1, 0.15) is 5.82 Å². The number of nitrogens with one attached hydrogen (secondary N) is 1. The first kappa shape index (κ1) is 25.8. The molecule has 0 bridgehead atoms. The third kappa shape index (κ3) is 6.70. The van der Waals surface area contributed by atoms with E-state index in [-0.39, 0.29) is 11.9 Å². The lowest BCUT2D eigenvalue weighted by Gasteiger charge is -2.22. The van der Waals surface area contributed by atoms with Gasteiger partial charge in [0, 0.05) is 38.2 Å². The van der Waals surface area contributed by atoms with Crippen molar-refractivity contribution >= 4 is 12.0 Å². The van der Waals surface area contributed by atoms with Gasteiger partial charge in [-0.05, 0) is 50.8 Å². The maximum Gasteiger partial charge on any atom is 0.251 e. The fourth-order valence-electron chi connectivity index (χ4n) is 5.08. The number of aryl methyl sites for hydroxylation is 2. The Balaban J connectivity index is 1.48. The second kappa shape index (κ2) is 11.7. The average Bonchev–Trinajstić information content (AvgIpc) is 3.12. The molecule has 1 amide bonds. The Kier molecular flexibility index (Phi) is 8.36. The van der Waals surface area contributed by atoms with Gasteiger partial charge >= 0.3 is 0 Å². The lowest BCUT2D eigenvalue weighted by molar-refractivity contribution is 0.0928. The van der Waals surface area contributed by atoms with Crippen LogP contribution in [-0.2, 0) is 13.0 Å². The van der Waals surface area contributed by atoms with Crippen molar-refractivity contribution in [3.63, 3.8) is 0 Å². The number of carbonyl (C=O) groups is 1. The Hall–Kier alpha value is -3.25. The van der Waals surface area contributed by atoms with Gasteiger partial charge in [0.25, 0.3) is 5.91 Å². The van der Waals surface area contributed by atoms with Crippen LogP contribution < -0.4 is 5.32 Å². The molecule has 6 nitrogen and oxygen atoms in total. The van der Waals surface area contributed by atoms with E-state index >= 15 is 0 Å². The van der Waals surface area contributed by atoms with Crippen LogP contribution in [0.5, 0.6) is 0 Å². The summed E-state index contributed by atoms with van der Waals surface area (Å²) < 4.78 is 2.24. The molecule has 0 saturated carbocycles. The number of hydrogen-bond donors (Lipinski definition) is 1. The Labute approximate surface area is 215 Å². The summed E-state index contributed by atoms with van der Waals surface area (Å²) >= 11 is 0. The van der Waals surface area contributed by atoms with Crippen molar-refractivity contribution in [3.05, 3.63) is 88.0 Å². The number of aromatic nitrogens is 3. The van der Waals surface area contributed by atoms with E-state index < -0.39 is 0 Å². The third-order valence-corrected chi connectivity index (χ3v) is 6.64. The van der Waals surface area contributed by atoms with Gasteiger partial charge < -0.3 is 9.88 Å². The zero-order valence-corrected chi connectivity index (χ0v) is 22.3. The number of amides is 1. The molecule has 1 N–H and O–H groups in total. The Bertz CT molecular complexity index is 1190. The first-order valence-electron chi connectivity index (χ1n) is 13.0. The molecule has 190 valence electrons. The highest BCUT2D eigenvalue weighted by Crippen LogP contribution is 2.23. The number of fused-ring (bicyclic) bond motifs is 1. The molecule has 0 saturated heterocycles. The molecule has 1 atom stereocenters. The van der Waals surface area contributed by atoms with Crippen LogP contribution in [0.15, 0.2) is 54.1 Å². The molecule has 2 heterocycles. The molecule has 0 fully saturated rings. The molecule has 4 rings (SSSR count). The van der Waals surface area contributed by atoms with E-state index in [0.29, 0.717) is 11.5 Å². The van der Waals surface area contributed by atoms with Gasteiger partial charge in [-0.1, -0.05) is 73.0 Å². The van der Waals surface area contributed by atoms with Crippen molar-refractivity contribution in [2.24, 2.45) is 5.92 Å². The number of hydrogen-bond acceptors (Lipinski definition) is 4. The van der Waals surface area contributed by atoms with Gasteiger partial charge in [0.2, 0.25) is 0 Å². The smallest absolute Gasteiger partial charge is 0.251 e. The summed E-state index contributed by atoms with van der Waals surface area (Å²) in [6.07, 6.45) is 3.93. The summed E-state index contributed by atoms with van der Waals surface area (Å²) in [5.41, 5.74) is 5.46. The summed E-state index contributed by atoms with van der Waals surface area (Å²) in [6, 6.07) is 16.3. The normalized spacial score (nSPS) is 15.4. The Morgan fingerprint density at radius 1 is 1.03 bits per heavy atom. The summed E-state index contributed by atoms with van der Waals surface area (Å²) in [7, 11) is 0. The Morgan fingerprint density at radius 2 is 1.75 bits per heavy atom. The zero-order chi connectivity index (χ0) is 25.7. The van der Waals surface area contributed by atoms with E-state index in [1.165, 1.54) is 11.1 Å². The van der Waals surface area contributed by atoms with Crippen molar-refractivity contribution in [1.29, 1.82) is 0 Å². The number of nitrogens with zero attached hydrogens (tertiary/aromatic N) is 4. The van der Waals surface area contributed by atoms with Crippen molar-refractivity contribution in [2.45, 2.75) is 60.0 Å². The molecule has 0 aliphatic carbocycles. The third-order valence-electron chi connectivity index (χ3n) is 6.64. The predicted octanol–water partition coefficient (Wildman–Crippen LogP) is 5.37. The summed E-state index contributed by atoms with van der Waals surface area (Å²) in [4.78, 5) is 15.7. The van der Waals surface area contributed by atoms with Crippen LogP contribution in [-0.4, -0.2) is 45.2 Å². The topological polar surface area (TPSA) is 63.1 Å². The van der Waals surface area contributed by atoms with Crippen LogP contribution in [0.4, 0.5) is 0 Å². The first-order chi connectivity index (χ1) is 17.3. The monoisotopic (exact) mass is 485 g/mol.